The maximum Gasteiger partial charge on any atom is 0.258 e. The van der Waals surface area contributed by atoms with Gasteiger partial charge >= 0.3 is 0 Å². The Labute approximate surface area is 149 Å². The van der Waals surface area contributed by atoms with Gasteiger partial charge in [0.15, 0.2) is 0 Å². The molecule has 26 heavy (non-hydrogen) atoms. The Morgan fingerprint density at radius 3 is 2.46 bits per heavy atom. The maximum atomic E-state index is 13.8. The molecule has 2 aromatic carbocycles. The van der Waals surface area contributed by atoms with Crippen LogP contribution in [0, 0.1) is 5.82 Å². The molecule has 0 bridgehead atoms. The lowest BCUT2D eigenvalue weighted by atomic mass is 10.1. The van der Waals surface area contributed by atoms with E-state index in [9.17, 15) is 14.0 Å². The van der Waals surface area contributed by atoms with Crippen molar-refractivity contribution in [2.24, 2.45) is 0 Å². The van der Waals surface area contributed by atoms with Crippen LogP contribution in [0.4, 0.5) is 10.1 Å². The maximum absolute atomic E-state index is 13.8. The Hall–Kier alpha value is -3.54. The summed E-state index contributed by atoms with van der Waals surface area (Å²) in [6.07, 6.45) is 3.06. The number of aromatic nitrogens is 1. The number of amides is 2. The largest absolute Gasteiger partial charge is 0.348 e. The van der Waals surface area contributed by atoms with E-state index in [1.54, 1.807) is 48.7 Å². The molecule has 2 N–H and O–H groups in total. The number of benzene rings is 2. The lowest BCUT2D eigenvalue weighted by Crippen LogP contribution is -2.24. The molecule has 0 atom stereocenters. The highest BCUT2D eigenvalue weighted by atomic mass is 19.1. The lowest BCUT2D eigenvalue weighted by Gasteiger charge is -2.12. The summed E-state index contributed by atoms with van der Waals surface area (Å²) in [5.41, 5.74) is 1.61. The number of rotatable bonds is 5. The summed E-state index contributed by atoms with van der Waals surface area (Å²) in [7, 11) is 0. The molecule has 0 aliphatic rings. The van der Waals surface area contributed by atoms with Crippen LogP contribution in [0.15, 0.2) is 73.1 Å². The van der Waals surface area contributed by atoms with Crippen molar-refractivity contribution in [2.45, 2.75) is 6.54 Å². The molecule has 0 aliphatic heterocycles. The van der Waals surface area contributed by atoms with E-state index in [-0.39, 0.29) is 18.0 Å². The van der Waals surface area contributed by atoms with E-state index in [1.165, 1.54) is 24.4 Å². The Balaban J connectivity index is 1.71. The van der Waals surface area contributed by atoms with Crippen LogP contribution < -0.4 is 10.6 Å². The van der Waals surface area contributed by atoms with Crippen molar-refractivity contribution < 1.29 is 14.0 Å². The smallest absolute Gasteiger partial charge is 0.258 e. The number of nitrogens with zero attached hydrogens (tertiary/aromatic N) is 1. The third-order valence-electron chi connectivity index (χ3n) is 3.75. The molecule has 6 heteroatoms. The monoisotopic (exact) mass is 349 g/mol. The minimum absolute atomic E-state index is 0.0401. The third kappa shape index (κ3) is 4.10. The first kappa shape index (κ1) is 17.3. The first-order chi connectivity index (χ1) is 12.6. The zero-order chi connectivity index (χ0) is 18.4. The fourth-order valence-electron chi connectivity index (χ4n) is 2.41. The zero-order valence-corrected chi connectivity index (χ0v) is 13.8. The molecule has 0 fully saturated rings. The quantitative estimate of drug-likeness (QED) is 0.742. The average Bonchev–Trinajstić information content (AvgIpc) is 2.68. The highest BCUT2D eigenvalue weighted by molar-refractivity contribution is 6.04. The molecule has 3 aromatic rings. The summed E-state index contributed by atoms with van der Waals surface area (Å²) in [6.45, 7) is 0.210. The molecule has 0 spiro atoms. The van der Waals surface area contributed by atoms with E-state index in [1.807, 2.05) is 0 Å². The molecule has 3 rings (SSSR count). The summed E-state index contributed by atoms with van der Waals surface area (Å²) in [5, 5.41) is 5.46. The number of anilines is 1. The number of hydrogen-bond donors (Lipinski definition) is 2. The highest BCUT2D eigenvalue weighted by Crippen LogP contribution is 2.17. The summed E-state index contributed by atoms with van der Waals surface area (Å²) in [4.78, 5) is 28.3. The Morgan fingerprint density at radius 1 is 0.923 bits per heavy atom. The van der Waals surface area contributed by atoms with E-state index in [0.717, 1.165) is 0 Å². The number of carbonyl (C=O) groups excluding carboxylic acids is 2. The number of halogens is 1. The second-order valence-electron chi connectivity index (χ2n) is 5.52. The fourth-order valence-corrected chi connectivity index (χ4v) is 2.41. The van der Waals surface area contributed by atoms with Crippen molar-refractivity contribution in [3.63, 3.8) is 0 Å². The van der Waals surface area contributed by atoms with Gasteiger partial charge in [-0.05, 0) is 35.9 Å². The van der Waals surface area contributed by atoms with E-state index in [0.29, 0.717) is 16.8 Å². The summed E-state index contributed by atoms with van der Waals surface area (Å²) in [5.74, 6) is -1.41. The predicted octanol–water partition coefficient (Wildman–Crippen LogP) is 3.40. The van der Waals surface area contributed by atoms with Gasteiger partial charge in [0, 0.05) is 24.6 Å². The van der Waals surface area contributed by atoms with Crippen LogP contribution in [-0.4, -0.2) is 16.8 Å². The molecule has 2 amide bonds. The van der Waals surface area contributed by atoms with Crippen LogP contribution >= 0.6 is 0 Å². The van der Waals surface area contributed by atoms with Crippen molar-refractivity contribution in [3.8, 4) is 0 Å². The van der Waals surface area contributed by atoms with E-state index < -0.39 is 11.7 Å². The first-order valence-corrected chi connectivity index (χ1v) is 7.97. The molecule has 0 aliphatic carbocycles. The normalized spacial score (nSPS) is 10.2. The molecule has 1 heterocycles. The number of nitrogens with one attached hydrogen (secondary N) is 2. The van der Waals surface area contributed by atoms with E-state index in [2.05, 4.69) is 15.6 Å². The van der Waals surface area contributed by atoms with E-state index >= 15 is 0 Å². The summed E-state index contributed by atoms with van der Waals surface area (Å²) in [6, 6.07) is 16.1. The Kier molecular flexibility index (Phi) is 5.34. The van der Waals surface area contributed by atoms with Crippen molar-refractivity contribution in [1.29, 1.82) is 0 Å². The minimum atomic E-state index is -0.590. The molecule has 0 saturated carbocycles. The zero-order valence-electron chi connectivity index (χ0n) is 13.8. The number of para-hydroxylation sites is 1. The van der Waals surface area contributed by atoms with Crippen LogP contribution in [0.1, 0.15) is 26.3 Å². The van der Waals surface area contributed by atoms with Gasteiger partial charge in [-0.2, -0.15) is 0 Å². The van der Waals surface area contributed by atoms with Gasteiger partial charge in [-0.15, -0.1) is 0 Å². The topological polar surface area (TPSA) is 71.1 Å². The standard InChI is InChI=1S/C20H16FN3O2/c21-17-9-3-2-8-16(17)20(26)24-18-10-4-1-6-14(18)13-23-19(25)15-7-5-11-22-12-15/h1-12H,13H2,(H,23,25)(H,24,26). The van der Waals surface area contributed by atoms with Gasteiger partial charge in [0.05, 0.1) is 11.1 Å². The van der Waals surface area contributed by atoms with Crippen LogP contribution in [-0.2, 0) is 6.54 Å². The Morgan fingerprint density at radius 2 is 1.69 bits per heavy atom. The minimum Gasteiger partial charge on any atom is -0.348 e. The number of pyridine rings is 1. The number of hydrogen-bond acceptors (Lipinski definition) is 3. The molecule has 0 unspecified atom stereocenters. The molecule has 0 radical (unpaired) electrons. The van der Waals surface area contributed by atoms with Crippen molar-refractivity contribution in [2.75, 3.05) is 5.32 Å². The van der Waals surface area contributed by atoms with Crippen LogP contribution in [0.5, 0.6) is 0 Å². The fraction of sp³-hybridized carbons (Fsp3) is 0.0500. The second kappa shape index (κ2) is 8.02. The van der Waals surface area contributed by atoms with Gasteiger partial charge in [-0.3, -0.25) is 14.6 Å². The van der Waals surface area contributed by atoms with Crippen molar-refractivity contribution in [1.82, 2.24) is 10.3 Å². The molecule has 0 saturated heterocycles. The van der Waals surface area contributed by atoms with Crippen molar-refractivity contribution in [3.05, 3.63) is 95.6 Å². The molecule has 1 aromatic heterocycles. The SMILES string of the molecule is O=C(NCc1ccccc1NC(=O)c1ccccc1F)c1cccnc1. The molecule has 130 valence electrons. The van der Waals surface area contributed by atoms with Gasteiger partial charge in [0.1, 0.15) is 5.82 Å². The van der Waals surface area contributed by atoms with Crippen LogP contribution in [0.2, 0.25) is 0 Å². The van der Waals surface area contributed by atoms with Gasteiger partial charge in [0.25, 0.3) is 11.8 Å². The summed E-state index contributed by atoms with van der Waals surface area (Å²) < 4.78 is 13.8. The second-order valence-corrected chi connectivity index (χ2v) is 5.52. The summed E-state index contributed by atoms with van der Waals surface area (Å²) >= 11 is 0. The molecular formula is C20H16FN3O2. The number of carbonyl (C=O) groups is 2. The molecule has 5 nitrogen and oxygen atoms in total. The van der Waals surface area contributed by atoms with Gasteiger partial charge in [-0.1, -0.05) is 30.3 Å². The Bertz CT molecular complexity index is 929. The van der Waals surface area contributed by atoms with Crippen LogP contribution in [0.25, 0.3) is 0 Å². The van der Waals surface area contributed by atoms with E-state index in [4.69, 9.17) is 0 Å². The van der Waals surface area contributed by atoms with Gasteiger partial charge in [-0.25, -0.2) is 4.39 Å². The highest BCUT2D eigenvalue weighted by Gasteiger charge is 2.13. The lowest BCUT2D eigenvalue weighted by molar-refractivity contribution is 0.0950. The van der Waals surface area contributed by atoms with Crippen molar-refractivity contribution >= 4 is 17.5 Å². The van der Waals surface area contributed by atoms with Gasteiger partial charge < -0.3 is 10.6 Å². The molecular weight excluding hydrogens is 333 g/mol. The average molecular weight is 349 g/mol. The first-order valence-electron chi connectivity index (χ1n) is 7.97. The predicted molar refractivity (Wildman–Crippen MR) is 96.2 cm³/mol. The third-order valence-corrected chi connectivity index (χ3v) is 3.75. The van der Waals surface area contributed by atoms with Crippen LogP contribution in [0.3, 0.4) is 0 Å². The van der Waals surface area contributed by atoms with Gasteiger partial charge in [0.2, 0.25) is 0 Å².